The fourth-order valence-electron chi connectivity index (χ4n) is 3.72. The van der Waals surface area contributed by atoms with Crippen LogP contribution >= 0.6 is 0 Å². The molecule has 1 spiro atoms. The zero-order valence-electron chi connectivity index (χ0n) is 13.3. The molecule has 4 nitrogen and oxygen atoms in total. The van der Waals surface area contributed by atoms with Crippen molar-refractivity contribution in [1.82, 2.24) is 10.2 Å². The first kappa shape index (κ1) is 15.3. The van der Waals surface area contributed by atoms with Gasteiger partial charge < -0.3 is 10.2 Å². The topological polar surface area (TPSA) is 49.4 Å². The summed E-state index contributed by atoms with van der Waals surface area (Å²) in [7, 11) is 0. The van der Waals surface area contributed by atoms with Crippen molar-refractivity contribution in [3.63, 3.8) is 0 Å². The summed E-state index contributed by atoms with van der Waals surface area (Å²) in [5.74, 6) is 0.591. The summed E-state index contributed by atoms with van der Waals surface area (Å²) >= 11 is 0. The minimum absolute atomic E-state index is 0.0586. The van der Waals surface area contributed by atoms with Gasteiger partial charge >= 0.3 is 0 Å². The van der Waals surface area contributed by atoms with Crippen LogP contribution < -0.4 is 5.32 Å². The molecule has 1 N–H and O–H groups in total. The van der Waals surface area contributed by atoms with Crippen LogP contribution in [0, 0.1) is 5.92 Å². The van der Waals surface area contributed by atoms with Crippen molar-refractivity contribution < 1.29 is 9.59 Å². The summed E-state index contributed by atoms with van der Waals surface area (Å²) in [6.07, 6.45) is 5.94. The van der Waals surface area contributed by atoms with Crippen LogP contribution in [0.3, 0.4) is 0 Å². The Bertz CT molecular complexity index is 397. The summed E-state index contributed by atoms with van der Waals surface area (Å²) in [6.45, 7) is 8.68. The Morgan fingerprint density at radius 2 is 1.85 bits per heavy atom. The molecule has 2 fully saturated rings. The number of rotatable bonds is 4. The first-order valence-electron chi connectivity index (χ1n) is 7.98. The fraction of sp³-hybridized carbons (Fsp3) is 0.875. The van der Waals surface area contributed by atoms with Gasteiger partial charge in [0.2, 0.25) is 11.8 Å². The Hall–Kier alpha value is -1.06. The van der Waals surface area contributed by atoms with E-state index in [-0.39, 0.29) is 11.8 Å². The lowest BCUT2D eigenvalue weighted by Crippen LogP contribution is -2.73. The van der Waals surface area contributed by atoms with Crippen molar-refractivity contribution in [2.24, 2.45) is 5.92 Å². The van der Waals surface area contributed by atoms with Crippen molar-refractivity contribution in [3.05, 3.63) is 0 Å². The zero-order valence-corrected chi connectivity index (χ0v) is 13.3. The average molecular weight is 280 g/mol. The molecular formula is C16H28N2O2. The zero-order chi connectivity index (χ0) is 15.0. The largest absolute Gasteiger partial charge is 0.340 e. The van der Waals surface area contributed by atoms with Crippen LogP contribution in [0.2, 0.25) is 0 Å². The third-order valence-corrected chi connectivity index (χ3v) is 4.85. The second-order valence-corrected chi connectivity index (χ2v) is 7.13. The summed E-state index contributed by atoms with van der Waals surface area (Å²) in [5, 5.41) is 2.94. The third-order valence-electron chi connectivity index (χ3n) is 4.85. The first-order chi connectivity index (χ1) is 9.33. The van der Waals surface area contributed by atoms with Gasteiger partial charge in [0.25, 0.3) is 0 Å². The quantitative estimate of drug-likeness (QED) is 0.860. The molecular weight excluding hydrogens is 252 g/mol. The van der Waals surface area contributed by atoms with Gasteiger partial charge in [0, 0.05) is 6.54 Å². The van der Waals surface area contributed by atoms with Gasteiger partial charge in [0.1, 0.15) is 11.1 Å². The lowest BCUT2D eigenvalue weighted by Gasteiger charge is -2.50. The summed E-state index contributed by atoms with van der Waals surface area (Å²) in [5.41, 5.74) is -1.33. The van der Waals surface area contributed by atoms with Gasteiger partial charge in [-0.1, -0.05) is 33.1 Å². The molecule has 1 atom stereocenters. The van der Waals surface area contributed by atoms with E-state index in [1.54, 1.807) is 0 Å². The Labute approximate surface area is 122 Å². The highest BCUT2D eigenvalue weighted by Gasteiger charge is 2.56. The molecule has 0 aromatic heterocycles. The van der Waals surface area contributed by atoms with E-state index in [1.165, 1.54) is 0 Å². The Morgan fingerprint density at radius 1 is 1.25 bits per heavy atom. The molecule has 1 saturated heterocycles. The van der Waals surface area contributed by atoms with Crippen LogP contribution in [0.25, 0.3) is 0 Å². The fourth-order valence-corrected chi connectivity index (χ4v) is 3.72. The molecule has 1 heterocycles. The van der Waals surface area contributed by atoms with Crippen LogP contribution in [0.5, 0.6) is 0 Å². The first-order valence-corrected chi connectivity index (χ1v) is 7.98. The van der Waals surface area contributed by atoms with Crippen LogP contribution in [0.1, 0.15) is 66.2 Å². The van der Waals surface area contributed by atoms with Crippen molar-refractivity contribution in [2.45, 2.75) is 77.3 Å². The van der Waals surface area contributed by atoms with Crippen LogP contribution in [-0.4, -0.2) is 34.3 Å². The number of hydrogen-bond donors (Lipinski definition) is 1. The standard InChI is InChI=1S/C16H28N2O2/c1-5-8-12(2)11-18-14(20)15(3,4)17-13(19)16(18)9-6-7-10-16/h12H,5-11H2,1-4H3,(H,17,19). The normalized spacial score (nSPS) is 25.9. The minimum atomic E-state index is -0.767. The Kier molecular flexibility index (Phi) is 4.12. The lowest BCUT2D eigenvalue weighted by molar-refractivity contribution is -0.162. The summed E-state index contributed by atoms with van der Waals surface area (Å²) < 4.78 is 0. The van der Waals surface area contributed by atoms with Crippen molar-refractivity contribution in [2.75, 3.05) is 6.54 Å². The number of carbonyl (C=O) groups excluding carboxylic acids is 2. The van der Waals surface area contributed by atoms with Crippen LogP contribution in [-0.2, 0) is 9.59 Å². The molecule has 4 heteroatoms. The molecule has 0 aromatic carbocycles. The Balaban J connectivity index is 2.29. The SMILES string of the molecule is CCCC(C)CN1C(=O)C(C)(C)NC(=O)C12CCCC2. The van der Waals surface area contributed by atoms with Crippen LogP contribution in [0.15, 0.2) is 0 Å². The van der Waals surface area contributed by atoms with Gasteiger partial charge in [-0.2, -0.15) is 0 Å². The molecule has 2 amide bonds. The second-order valence-electron chi connectivity index (χ2n) is 7.13. The molecule has 1 unspecified atom stereocenters. The van der Waals surface area contributed by atoms with Gasteiger partial charge in [0.05, 0.1) is 0 Å². The molecule has 2 aliphatic rings. The van der Waals surface area contributed by atoms with E-state index in [0.717, 1.165) is 38.5 Å². The minimum Gasteiger partial charge on any atom is -0.340 e. The number of nitrogens with one attached hydrogen (secondary N) is 1. The van der Waals surface area contributed by atoms with E-state index < -0.39 is 11.1 Å². The smallest absolute Gasteiger partial charge is 0.248 e. The number of amides is 2. The van der Waals surface area contributed by atoms with Crippen molar-refractivity contribution in [3.8, 4) is 0 Å². The molecule has 2 rings (SSSR count). The third kappa shape index (κ3) is 2.45. The molecule has 1 aliphatic carbocycles. The van der Waals surface area contributed by atoms with Crippen molar-refractivity contribution >= 4 is 11.8 Å². The molecule has 0 aromatic rings. The highest BCUT2D eigenvalue weighted by molar-refractivity contribution is 6.02. The number of hydrogen-bond acceptors (Lipinski definition) is 2. The molecule has 1 saturated carbocycles. The van der Waals surface area contributed by atoms with Gasteiger partial charge in [-0.3, -0.25) is 9.59 Å². The monoisotopic (exact) mass is 280 g/mol. The summed E-state index contributed by atoms with van der Waals surface area (Å²) in [6, 6.07) is 0. The van der Waals surface area contributed by atoms with Crippen molar-refractivity contribution in [1.29, 1.82) is 0 Å². The number of piperazine rings is 1. The van der Waals surface area contributed by atoms with Gasteiger partial charge in [-0.15, -0.1) is 0 Å². The van der Waals surface area contributed by atoms with Gasteiger partial charge in [-0.25, -0.2) is 0 Å². The predicted octanol–water partition coefficient (Wildman–Crippen LogP) is 2.47. The predicted molar refractivity (Wildman–Crippen MR) is 79.2 cm³/mol. The van der Waals surface area contributed by atoms with E-state index in [4.69, 9.17) is 0 Å². The average Bonchev–Trinajstić information content (AvgIpc) is 2.83. The highest BCUT2D eigenvalue weighted by atomic mass is 16.2. The summed E-state index contributed by atoms with van der Waals surface area (Å²) in [4.78, 5) is 27.3. The van der Waals surface area contributed by atoms with E-state index in [1.807, 2.05) is 18.7 Å². The molecule has 1 aliphatic heterocycles. The van der Waals surface area contributed by atoms with E-state index >= 15 is 0 Å². The van der Waals surface area contributed by atoms with Gasteiger partial charge in [-0.05, 0) is 39.0 Å². The van der Waals surface area contributed by atoms with E-state index in [9.17, 15) is 9.59 Å². The van der Waals surface area contributed by atoms with Crippen LogP contribution in [0.4, 0.5) is 0 Å². The molecule has 114 valence electrons. The molecule has 0 bridgehead atoms. The number of carbonyl (C=O) groups is 2. The second kappa shape index (κ2) is 5.38. The number of nitrogens with zero attached hydrogens (tertiary/aromatic N) is 1. The maximum absolute atomic E-state index is 12.8. The maximum Gasteiger partial charge on any atom is 0.248 e. The van der Waals surface area contributed by atoms with Gasteiger partial charge in [0.15, 0.2) is 0 Å². The molecule has 0 radical (unpaired) electrons. The Morgan fingerprint density at radius 3 is 2.40 bits per heavy atom. The lowest BCUT2D eigenvalue weighted by atomic mass is 9.84. The van der Waals surface area contributed by atoms with E-state index in [2.05, 4.69) is 19.2 Å². The molecule has 20 heavy (non-hydrogen) atoms. The van der Waals surface area contributed by atoms with E-state index in [0.29, 0.717) is 12.5 Å². The maximum atomic E-state index is 12.8. The highest BCUT2D eigenvalue weighted by Crippen LogP contribution is 2.40.